The van der Waals surface area contributed by atoms with Gasteiger partial charge in [0.15, 0.2) is 5.69 Å². The third-order valence-electron chi connectivity index (χ3n) is 1.38. The number of imidazole rings is 1. The van der Waals surface area contributed by atoms with E-state index in [1.807, 2.05) is 11.6 Å². The molecule has 0 aliphatic rings. The summed E-state index contributed by atoms with van der Waals surface area (Å²) in [5.41, 5.74) is 5.42. The van der Waals surface area contributed by atoms with Gasteiger partial charge in [-0.05, 0) is 0 Å². The van der Waals surface area contributed by atoms with E-state index in [1.54, 1.807) is 10.7 Å². The number of thiazole rings is 1. The van der Waals surface area contributed by atoms with Gasteiger partial charge in [0.25, 0.3) is 5.91 Å². The van der Waals surface area contributed by atoms with Crippen molar-refractivity contribution >= 4 is 22.1 Å². The summed E-state index contributed by atoms with van der Waals surface area (Å²) in [4.78, 5) is 15.4. The molecule has 0 spiro atoms. The number of carbonyl (C=O) groups is 1. The number of hydrogen-bond donors (Lipinski definition) is 1. The van der Waals surface area contributed by atoms with Crippen LogP contribution in [-0.2, 0) is 0 Å². The van der Waals surface area contributed by atoms with E-state index in [4.69, 9.17) is 5.73 Å². The van der Waals surface area contributed by atoms with Crippen molar-refractivity contribution in [1.82, 2.24) is 9.38 Å². The van der Waals surface area contributed by atoms with Crippen molar-refractivity contribution < 1.29 is 4.79 Å². The lowest BCUT2D eigenvalue weighted by Gasteiger charge is -1.83. The molecular weight excluding hydrogens is 162 g/mol. The molecule has 2 aromatic rings. The van der Waals surface area contributed by atoms with Crippen molar-refractivity contribution in [2.24, 2.45) is 5.73 Å². The molecule has 2 N–H and O–H groups in total. The molecule has 0 saturated heterocycles. The van der Waals surface area contributed by atoms with Gasteiger partial charge in [-0.25, -0.2) is 4.98 Å². The van der Waals surface area contributed by atoms with Gasteiger partial charge in [-0.15, -0.1) is 11.3 Å². The Hall–Kier alpha value is -1.36. The topological polar surface area (TPSA) is 60.4 Å². The van der Waals surface area contributed by atoms with Crippen molar-refractivity contribution in [1.29, 1.82) is 0 Å². The lowest BCUT2D eigenvalue weighted by Crippen LogP contribution is -2.11. The molecule has 4 nitrogen and oxygen atoms in total. The fraction of sp³-hybridized carbons (Fsp3) is 0. The van der Waals surface area contributed by atoms with E-state index >= 15 is 0 Å². The lowest BCUT2D eigenvalue weighted by atomic mass is 10.5. The first-order valence-electron chi connectivity index (χ1n) is 2.99. The summed E-state index contributed by atoms with van der Waals surface area (Å²) in [5.74, 6) is -0.477. The van der Waals surface area contributed by atoms with E-state index in [-0.39, 0.29) is 0 Å². The van der Waals surface area contributed by atoms with Crippen molar-refractivity contribution in [3.8, 4) is 0 Å². The minimum atomic E-state index is -0.477. The van der Waals surface area contributed by atoms with Gasteiger partial charge in [0.1, 0.15) is 11.2 Å². The van der Waals surface area contributed by atoms with Crippen molar-refractivity contribution in [2.45, 2.75) is 0 Å². The number of amides is 1. The molecule has 11 heavy (non-hydrogen) atoms. The Morgan fingerprint density at radius 3 is 3.27 bits per heavy atom. The summed E-state index contributed by atoms with van der Waals surface area (Å²) in [6, 6.07) is 0. The van der Waals surface area contributed by atoms with Crippen LogP contribution in [0.4, 0.5) is 0 Å². The highest BCUT2D eigenvalue weighted by molar-refractivity contribution is 7.15. The number of rotatable bonds is 1. The third-order valence-corrected chi connectivity index (χ3v) is 2.27. The van der Waals surface area contributed by atoms with Crippen LogP contribution in [0.1, 0.15) is 10.5 Å². The maximum atomic E-state index is 10.7. The minimum Gasteiger partial charge on any atom is -0.364 e. The van der Waals surface area contributed by atoms with Crippen LogP contribution in [0.15, 0.2) is 17.9 Å². The summed E-state index contributed by atoms with van der Waals surface area (Å²) in [6.45, 7) is 0. The van der Waals surface area contributed by atoms with Crippen LogP contribution in [0.3, 0.4) is 0 Å². The molecule has 0 aliphatic carbocycles. The molecule has 0 aliphatic heterocycles. The zero-order valence-electron chi connectivity index (χ0n) is 5.52. The summed E-state index contributed by atoms with van der Waals surface area (Å²) in [6.07, 6.45) is 3.41. The zero-order chi connectivity index (χ0) is 7.84. The van der Waals surface area contributed by atoms with Gasteiger partial charge < -0.3 is 5.73 Å². The Balaban J connectivity index is 2.78. The molecule has 2 rings (SSSR count). The predicted octanol–water partition coefficient (Wildman–Crippen LogP) is 0.495. The summed E-state index contributed by atoms with van der Waals surface area (Å²) in [5, 5.41) is 1.88. The molecule has 5 heteroatoms. The SMILES string of the molecule is NC(=O)c1ncn2ccsc12. The number of aromatic nitrogens is 2. The number of fused-ring (bicyclic) bond motifs is 1. The lowest BCUT2D eigenvalue weighted by molar-refractivity contribution is 0.0998. The molecule has 2 heterocycles. The van der Waals surface area contributed by atoms with Gasteiger partial charge in [0, 0.05) is 11.6 Å². The molecule has 56 valence electrons. The normalized spacial score (nSPS) is 10.5. The van der Waals surface area contributed by atoms with Crippen LogP contribution in [0, 0.1) is 0 Å². The van der Waals surface area contributed by atoms with Crippen LogP contribution < -0.4 is 5.73 Å². The smallest absolute Gasteiger partial charge is 0.270 e. The van der Waals surface area contributed by atoms with E-state index < -0.39 is 5.91 Å². The maximum absolute atomic E-state index is 10.7. The van der Waals surface area contributed by atoms with Crippen molar-refractivity contribution in [3.05, 3.63) is 23.6 Å². The second-order valence-corrected chi connectivity index (χ2v) is 2.97. The van der Waals surface area contributed by atoms with Crippen LogP contribution in [-0.4, -0.2) is 15.3 Å². The first-order chi connectivity index (χ1) is 5.29. The first kappa shape index (κ1) is 6.36. The van der Waals surface area contributed by atoms with Crippen LogP contribution in [0.5, 0.6) is 0 Å². The largest absolute Gasteiger partial charge is 0.364 e. The molecule has 0 bridgehead atoms. The number of hydrogen-bond acceptors (Lipinski definition) is 3. The van der Waals surface area contributed by atoms with Gasteiger partial charge in [-0.2, -0.15) is 0 Å². The van der Waals surface area contributed by atoms with Crippen LogP contribution >= 0.6 is 11.3 Å². The van der Waals surface area contributed by atoms with Crippen molar-refractivity contribution in [3.63, 3.8) is 0 Å². The quantitative estimate of drug-likeness (QED) is 0.672. The molecule has 0 radical (unpaired) electrons. The minimum absolute atomic E-state index is 0.347. The van der Waals surface area contributed by atoms with Gasteiger partial charge in [0.05, 0.1) is 0 Å². The average molecular weight is 167 g/mol. The Kier molecular flexibility index (Phi) is 1.19. The molecule has 2 aromatic heterocycles. The van der Waals surface area contributed by atoms with E-state index in [1.165, 1.54) is 11.3 Å². The number of nitrogens with zero attached hydrogens (tertiary/aromatic N) is 2. The predicted molar refractivity (Wildman–Crippen MR) is 41.6 cm³/mol. The van der Waals surface area contributed by atoms with Crippen LogP contribution in [0.2, 0.25) is 0 Å². The van der Waals surface area contributed by atoms with Gasteiger partial charge in [0.2, 0.25) is 0 Å². The number of nitrogens with two attached hydrogens (primary N) is 1. The highest BCUT2D eigenvalue weighted by Crippen LogP contribution is 2.14. The third kappa shape index (κ3) is 0.813. The fourth-order valence-electron chi connectivity index (χ4n) is 0.902. The monoisotopic (exact) mass is 167 g/mol. The first-order valence-corrected chi connectivity index (χ1v) is 3.87. The Labute approximate surface area is 66.3 Å². The van der Waals surface area contributed by atoms with Crippen molar-refractivity contribution in [2.75, 3.05) is 0 Å². The van der Waals surface area contributed by atoms with Gasteiger partial charge >= 0.3 is 0 Å². The maximum Gasteiger partial charge on any atom is 0.270 e. The second kappa shape index (κ2) is 2.06. The highest BCUT2D eigenvalue weighted by atomic mass is 32.1. The van der Waals surface area contributed by atoms with E-state index in [0.29, 0.717) is 5.69 Å². The molecule has 0 saturated carbocycles. The zero-order valence-corrected chi connectivity index (χ0v) is 6.34. The molecule has 0 atom stereocenters. The summed E-state index contributed by atoms with van der Waals surface area (Å²) in [7, 11) is 0. The molecule has 0 unspecified atom stereocenters. The molecular formula is C6H5N3OS. The summed E-state index contributed by atoms with van der Waals surface area (Å²) >= 11 is 1.45. The standard InChI is InChI=1S/C6H5N3OS/c7-5(10)4-6-9(3-8-4)1-2-11-6/h1-3H,(H2,7,10). The fourth-order valence-corrected chi connectivity index (χ4v) is 1.72. The molecule has 0 fully saturated rings. The van der Waals surface area contributed by atoms with E-state index in [2.05, 4.69) is 4.98 Å². The number of primary amides is 1. The Morgan fingerprint density at radius 2 is 2.55 bits per heavy atom. The van der Waals surface area contributed by atoms with Gasteiger partial charge in [-0.1, -0.05) is 0 Å². The number of carbonyl (C=O) groups excluding carboxylic acids is 1. The van der Waals surface area contributed by atoms with E-state index in [9.17, 15) is 4.79 Å². The highest BCUT2D eigenvalue weighted by Gasteiger charge is 2.09. The second-order valence-electron chi connectivity index (χ2n) is 2.07. The average Bonchev–Trinajstić information content (AvgIpc) is 2.41. The Morgan fingerprint density at radius 1 is 1.73 bits per heavy atom. The van der Waals surface area contributed by atoms with Crippen LogP contribution in [0.25, 0.3) is 4.83 Å². The van der Waals surface area contributed by atoms with Gasteiger partial charge in [-0.3, -0.25) is 9.20 Å². The van der Waals surface area contributed by atoms with E-state index in [0.717, 1.165) is 4.83 Å². The molecule has 0 aromatic carbocycles. The Bertz CT molecular complexity index is 403. The summed E-state index contributed by atoms with van der Waals surface area (Å²) < 4.78 is 1.77. The molecule has 1 amide bonds.